The number of piperazine rings is 1. The fourth-order valence-corrected chi connectivity index (χ4v) is 3.93. The second kappa shape index (κ2) is 8.09. The molecule has 2 atom stereocenters. The van der Waals surface area contributed by atoms with Crippen molar-refractivity contribution in [3.8, 4) is 0 Å². The fraction of sp³-hybridized carbons (Fsp3) is 1.00. The van der Waals surface area contributed by atoms with E-state index < -0.39 is 0 Å². The molecule has 0 aromatic carbocycles. The van der Waals surface area contributed by atoms with Crippen LogP contribution in [0.2, 0.25) is 0 Å². The van der Waals surface area contributed by atoms with Gasteiger partial charge in [-0.3, -0.25) is 14.7 Å². The van der Waals surface area contributed by atoms with E-state index in [1.807, 2.05) is 0 Å². The third-order valence-electron chi connectivity index (χ3n) is 5.40. The molecule has 2 heterocycles. The van der Waals surface area contributed by atoms with Gasteiger partial charge in [0.1, 0.15) is 0 Å². The van der Waals surface area contributed by atoms with Crippen molar-refractivity contribution in [1.29, 1.82) is 0 Å². The Labute approximate surface area is 138 Å². The molecule has 130 valence electrons. The van der Waals surface area contributed by atoms with Gasteiger partial charge in [0.2, 0.25) is 0 Å². The minimum Gasteiger partial charge on any atom is -0.301 e. The molecule has 0 aliphatic carbocycles. The Hall–Kier alpha value is -0.160. The highest BCUT2D eigenvalue weighted by molar-refractivity contribution is 4.86. The highest BCUT2D eigenvalue weighted by Crippen LogP contribution is 2.18. The van der Waals surface area contributed by atoms with E-state index in [1.54, 1.807) is 0 Å². The summed E-state index contributed by atoms with van der Waals surface area (Å²) in [6.07, 6.45) is 4.45. The molecule has 0 amide bonds. The average molecular weight is 311 g/mol. The zero-order chi connectivity index (χ0) is 16.2. The summed E-state index contributed by atoms with van der Waals surface area (Å²) in [5.41, 5.74) is 0.316. The summed E-state index contributed by atoms with van der Waals surface area (Å²) in [5.74, 6) is 0. The molecule has 0 saturated carbocycles. The molecule has 2 fully saturated rings. The van der Waals surface area contributed by atoms with E-state index in [-0.39, 0.29) is 0 Å². The van der Waals surface area contributed by atoms with Crippen LogP contribution in [0.5, 0.6) is 0 Å². The lowest BCUT2D eigenvalue weighted by atomic mass is 10.0. The Bertz CT molecular complexity index is 318. The van der Waals surface area contributed by atoms with Crippen LogP contribution < -0.4 is 5.32 Å². The Morgan fingerprint density at radius 1 is 1.09 bits per heavy atom. The van der Waals surface area contributed by atoms with Crippen LogP contribution in [0.4, 0.5) is 0 Å². The van der Waals surface area contributed by atoms with E-state index in [9.17, 15) is 0 Å². The maximum absolute atomic E-state index is 3.77. The zero-order valence-corrected chi connectivity index (χ0v) is 15.6. The molecule has 2 saturated heterocycles. The lowest BCUT2D eigenvalue weighted by molar-refractivity contribution is 0.0198. The predicted molar refractivity (Wildman–Crippen MR) is 95.2 cm³/mol. The van der Waals surface area contributed by atoms with Crippen LogP contribution in [0.1, 0.15) is 53.9 Å². The highest BCUT2D eigenvalue weighted by atomic mass is 15.4. The van der Waals surface area contributed by atoms with Gasteiger partial charge in [0.25, 0.3) is 0 Å². The first-order chi connectivity index (χ1) is 10.4. The summed E-state index contributed by atoms with van der Waals surface area (Å²) < 4.78 is 0. The quantitative estimate of drug-likeness (QED) is 0.840. The van der Waals surface area contributed by atoms with Crippen LogP contribution in [0.25, 0.3) is 0 Å². The Morgan fingerprint density at radius 3 is 2.36 bits per heavy atom. The summed E-state index contributed by atoms with van der Waals surface area (Å²) in [7, 11) is 0. The first kappa shape index (κ1) is 18.2. The molecule has 0 aromatic heterocycles. The maximum atomic E-state index is 3.77. The van der Waals surface area contributed by atoms with Gasteiger partial charge in [-0.05, 0) is 47.1 Å². The Morgan fingerprint density at radius 2 is 1.77 bits per heavy atom. The normalized spacial score (nSPS) is 28.0. The molecule has 22 heavy (non-hydrogen) atoms. The van der Waals surface area contributed by atoms with E-state index in [0.717, 1.165) is 0 Å². The van der Waals surface area contributed by atoms with E-state index >= 15 is 0 Å². The average Bonchev–Trinajstić information content (AvgIpc) is 2.47. The topological polar surface area (TPSA) is 21.8 Å². The van der Waals surface area contributed by atoms with Gasteiger partial charge < -0.3 is 5.32 Å². The van der Waals surface area contributed by atoms with E-state index in [1.165, 1.54) is 65.1 Å². The van der Waals surface area contributed by atoms with Crippen molar-refractivity contribution in [3.63, 3.8) is 0 Å². The Balaban J connectivity index is 1.84. The zero-order valence-electron chi connectivity index (χ0n) is 15.6. The highest BCUT2D eigenvalue weighted by Gasteiger charge is 2.30. The molecule has 4 heteroatoms. The fourth-order valence-electron chi connectivity index (χ4n) is 3.93. The molecule has 2 aliphatic rings. The minimum atomic E-state index is 0.316. The van der Waals surface area contributed by atoms with Gasteiger partial charge in [-0.2, -0.15) is 0 Å². The molecule has 1 N–H and O–H groups in total. The minimum absolute atomic E-state index is 0.316. The Kier molecular flexibility index (Phi) is 6.69. The van der Waals surface area contributed by atoms with Gasteiger partial charge in [0, 0.05) is 50.8 Å². The second-order valence-corrected chi connectivity index (χ2v) is 8.16. The predicted octanol–water partition coefficient (Wildman–Crippen LogP) is 2.21. The first-order valence-corrected chi connectivity index (χ1v) is 9.38. The summed E-state index contributed by atoms with van der Waals surface area (Å²) in [5, 5.41) is 3.77. The van der Waals surface area contributed by atoms with Crippen molar-refractivity contribution in [2.24, 2.45) is 0 Å². The molecular weight excluding hydrogens is 272 g/mol. The van der Waals surface area contributed by atoms with Crippen molar-refractivity contribution in [3.05, 3.63) is 0 Å². The summed E-state index contributed by atoms with van der Waals surface area (Å²) in [6, 6.07) is 0.707. The molecule has 2 aliphatic heterocycles. The van der Waals surface area contributed by atoms with Crippen molar-refractivity contribution < 1.29 is 0 Å². The van der Waals surface area contributed by atoms with Crippen molar-refractivity contribution in [2.45, 2.75) is 71.6 Å². The van der Waals surface area contributed by atoms with Crippen molar-refractivity contribution in [1.82, 2.24) is 20.0 Å². The molecule has 0 aromatic rings. The van der Waals surface area contributed by atoms with Crippen LogP contribution in [0.3, 0.4) is 0 Å². The number of rotatable bonds is 5. The number of nitrogens with one attached hydrogen (secondary N) is 1. The van der Waals surface area contributed by atoms with Crippen molar-refractivity contribution in [2.75, 3.05) is 45.8 Å². The van der Waals surface area contributed by atoms with E-state index in [4.69, 9.17) is 0 Å². The SMILES string of the molecule is CCCC(C)N1CCCNC1CN1CCN(C(C)(C)C)CC1. The van der Waals surface area contributed by atoms with Gasteiger partial charge in [0.05, 0.1) is 6.17 Å². The molecule has 2 unspecified atom stereocenters. The molecule has 0 bridgehead atoms. The monoisotopic (exact) mass is 310 g/mol. The summed E-state index contributed by atoms with van der Waals surface area (Å²) in [6.45, 7) is 20.2. The number of hydrogen-bond acceptors (Lipinski definition) is 4. The van der Waals surface area contributed by atoms with Gasteiger partial charge in [-0.15, -0.1) is 0 Å². The van der Waals surface area contributed by atoms with Gasteiger partial charge >= 0.3 is 0 Å². The molecule has 0 radical (unpaired) electrons. The molecular formula is C18H38N4. The molecule has 2 rings (SSSR count). The second-order valence-electron chi connectivity index (χ2n) is 8.16. The third kappa shape index (κ3) is 4.92. The first-order valence-electron chi connectivity index (χ1n) is 9.38. The molecule has 0 spiro atoms. The molecule has 4 nitrogen and oxygen atoms in total. The van der Waals surface area contributed by atoms with Crippen LogP contribution >= 0.6 is 0 Å². The van der Waals surface area contributed by atoms with Crippen LogP contribution in [0, 0.1) is 0 Å². The van der Waals surface area contributed by atoms with Crippen molar-refractivity contribution >= 4 is 0 Å². The van der Waals surface area contributed by atoms with Crippen LogP contribution in [0.15, 0.2) is 0 Å². The lowest BCUT2D eigenvalue weighted by Gasteiger charge is -2.46. The smallest absolute Gasteiger partial charge is 0.0730 e. The van der Waals surface area contributed by atoms with Crippen LogP contribution in [-0.2, 0) is 0 Å². The number of nitrogens with zero attached hydrogens (tertiary/aromatic N) is 3. The largest absolute Gasteiger partial charge is 0.301 e. The third-order valence-corrected chi connectivity index (χ3v) is 5.40. The lowest BCUT2D eigenvalue weighted by Crippen LogP contribution is -2.61. The van der Waals surface area contributed by atoms with Gasteiger partial charge in [0.15, 0.2) is 0 Å². The van der Waals surface area contributed by atoms with E-state index in [2.05, 4.69) is 54.6 Å². The summed E-state index contributed by atoms with van der Waals surface area (Å²) >= 11 is 0. The standard InChI is InChI=1S/C18H38N4/c1-6-8-16(2)22-10-7-9-19-17(22)15-20-11-13-21(14-12-20)18(3,4)5/h16-17,19H,6-15H2,1-5H3. The van der Waals surface area contributed by atoms with Crippen LogP contribution in [-0.4, -0.2) is 78.3 Å². The number of hydrogen-bond donors (Lipinski definition) is 1. The van der Waals surface area contributed by atoms with Gasteiger partial charge in [-0.1, -0.05) is 13.3 Å². The summed E-state index contributed by atoms with van der Waals surface area (Å²) in [4.78, 5) is 8.00. The maximum Gasteiger partial charge on any atom is 0.0730 e. The van der Waals surface area contributed by atoms with Gasteiger partial charge in [-0.25, -0.2) is 0 Å². The van der Waals surface area contributed by atoms with E-state index in [0.29, 0.717) is 17.7 Å².